The molecule has 2 nitrogen and oxygen atoms in total. The van der Waals surface area contributed by atoms with Crippen LogP contribution in [0.25, 0.3) is 38.6 Å². The smallest absolute Gasteiger partial charge is 0.147 e. The first-order valence-corrected chi connectivity index (χ1v) is 13.8. The molecule has 5 rings (SSSR count). The number of hydrogen-bond acceptors (Lipinski definition) is 1. The lowest BCUT2D eigenvalue weighted by atomic mass is 9.84. The van der Waals surface area contributed by atoms with Gasteiger partial charge in [0.25, 0.3) is 0 Å². The number of nitrogens with zero attached hydrogens (tertiary/aromatic N) is 1. The van der Waals surface area contributed by atoms with Gasteiger partial charge in [-0.15, -0.1) is 0 Å². The van der Waals surface area contributed by atoms with E-state index < -0.39 is 0 Å². The van der Waals surface area contributed by atoms with Crippen LogP contribution in [0.5, 0.6) is 5.75 Å². The van der Waals surface area contributed by atoms with E-state index in [2.05, 4.69) is 109 Å². The summed E-state index contributed by atoms with van der Waals surface area (Å²) in [5, 5.41) is 14.2. The lowest BCUT2D eigenvalue weighted by molar-refractivity contribution is 0.474. The maximum absolute atomic E-state index is 14.3. The highest BCUT2D eigenvalue weighted by atomic mass is 19.1. The summed E-state index contributed by atoms with van der Waals surface area (Å²) in [6.07, 6.45) is 0. The van der Waals surface area contributed by atoms with Gasteiger partial charge in [-0.3, -0.25) is 0 Å². The maximum Gasteiger partial charge on any atom is 0.147 e. The first-order valence-electron chi connectivity index (χ1n) is 13.8. The minimum atomic E-state index is -0.323. The van der Waals surface area contributed by atoms with E-state index in [0.29, 0.717) is 16.8 Å². The lowest BCUT2D eigenvalue weighted by Gasteiger charge is -2.24. The normalized spacial score (nSPS) is 13.0. The van der Waals surface area contributed by atoms with Gasteiger partial charge in [0.05, 0.1) is 16.7 Å². The number of benzene rings is 4. The van der Waals surface area contributed by atoms with Gasteiger partial charge < -0.3 is 9.67 Å². The number of aromatic hydroxyl groups is 1. The highest BCUT2D eigenvalue weighted by Gasteiger charge is 2.25. The molecule has 0 atom stereocenters. The van der Waals surface area contributed by atoms with Crippen molar-refractivity contribution in [1.29, 1.82) is 0 Å². The van der Waals surface area contributed by atoms with Crippen LogP contribution in [0.4, 0.5) is 4.39 Å². The summed E-state index contributed by atoms with van der Waals surface area (Å²) in [6, 6.07) is 23.9. The number of fused-ring (bicyclic) bond motifs is 3. The van der Waals surface area contributed by atoms with Crippen LogP contribution in [0.2, 0.25) is 0 Å². The van der Waals surface area contributed by atoms with E-state index in [0.717, 1.165) is 27.4 Å². The first-order chi connectivity index (χ1) is 18.1. The molecular formula is C36H40FNO. The highest BCUT2D eigenvalue weighted by molar-refractivity contribution is 6.10. The number of rotatable bonds is 2. The number of halogens is 1. The molecule has 0 aliphatic rings. The summed E-state index contributed by atoms with van der Waals surface area (Å²) in [6.45, 7) is 19.9. The van der Waals surface area contributed by atoms with Crippen molar-refractivity contribution in [3.63, 3.8) is 0 Å². The van der Waals surface area contributed by atoms with Crippen molar-refractivity contribution < 1.29 is 9.50 Å². The summed E-state index contributed by atoms with van der Waals surface area (Å²) in [5.41, 5.74) is 7.50. The Morgan fingerprint density at radius 2 is 1.10 bits per heavy atom. The van der Waals surface area contributed by atoms with Crippen LogP contribution in [0.3, 0.4) is 0 Å². The third-order valence-electron chi connectivity index (χ3n) is 7.83. The van der Waals surface area contributed by atoms with Crippen LogP contribution in [0.15, 0.2) is 72.8 Å². The van der Waals surface area contributed by atoms with E-state index in [-0.39, 0.29) is 27.8 Å². The number of aromatic nitrogens is 1. The third-order valence-corrected chi connectivity index (χ3v) is 7.83. The molecule has 202 valence electrons. The number of hydrogen-bond donors (Lipinski definition) is 1. The average Bonchev–Trinajstić information content (AvgIpc) is 3.15. The third kappa shape index (κ3) is 4.84. The Labute approximate surface area is 232 Å². The minimum Gasteiger partial charge on any atom is -0.505 e. The lowest BCUT2D eigenvalue weighted by Crippen LogP contribution is -2.12. The molecule has 0 saturated heterocycles. The van der Waals surface area contributed by atoms with E-state index in [1.165, 1.54) is 23.3 Å². The fraction of sp³-hybridized carbons (Fsp3) is 0.333. The van der Waals surface area contributed by atoms with Crippen molar-refractivity contribution in [2.24, 2.45) is 0 Å². The topological polar surface area (TPSA) is 25.2 Å². The standard InChI is InChI=1S/C36H40FNO/c1-34(2,3)23-13-15-30-28(18-23)29-19-24(35(4,5)6)14-16-31(29)38(30)32-21-25(36(7,8)9)20-27(33(32)39)22-11-10-12-26(37)17-22/h10-21,39H,1-9H3. The Balaban J connectivity index is 1.93. The molecule has 1 aromatic heterocycles. The van der Waals surface area contributed by atoms with Crippen molar-refractivity contribution >= 4 is 21.8 Å². The molecule has 5 aromatic rings. The van der Waals surface area contributed by atoms with Gasteiger partial charge in [-0.05, 0) is 87.0 Å². The number of phenolic OH excluding ortho intramolecular Hbond substituents is 1. The molecule has 0 bridgehead atoms. The summed E-state index contributed by atoms with van der Waals surface area (Å²) in [5.74, 6) is -0.178. The Hall–Kier alpha value is -3.59. The molecular weight excluding hydrogens is 481 g/mol. The predicted octanol–water partition coefficient (Wildman–Crippen LogP) is 10.2. The molecule has 0 saturated carbocycles. The average molecular weight is 522 g/mol. The van der Waals surface area contributed by atoms with E-state index in [9.17, 15) is 9.50 Å². The SMILES string of the molecule is CC(C)(C)c1cc(-c2cccc(F)c2)c(O)c(-n2c3ccc(C(C)(C)C)cc3c3cc(C(C)(C)C)ccc32)c1. The number of phenols is 1. The van der Waals surface area contributed by atoms with Crippen LogP contribution >= 0.6 is 0 Å². The zero-order valence-electron chi connectivity index (χ0n) is 24.7. The van der Waals surface area contributed by atoms with Crippen molar-refractivity contribution in [2.75, 3.05) is 0 Å². The van der Waals surface area contributed by atoms with E-state index >= 15 is 0 Å². The monoisotopic (exact) mass is 521 g/mol. The summed E-state index contributed by atoms with van der Waals surface area (Å²) >= 11 is 0. The van der Waals surface area contributed by atoms with Crippen molar-refractivity contribution in [3.8, 4) is 22.6 Å². The van der Waals surface area contributed by atoms with Crippen LogP contribution in [0, 0.1) is 5.82 Å². The predicted molar refractivity (Wildman–Crippen MR) is 164 cm³/mol. The second-order valence-electron chi connectivity index (χ2n) is 14.0. The van der Waals surface area contributed by atoms with Crippen LogP contribution < -0.4 is 0 Å². The minimum absolute atomic E-state index is 0.00307. The molecule has 1 heterocycles. The fourth-order valence-corrected chi connectivity index (χ4v) is 5.31. The Morgan fingerprint density at radius 1 is 0.590 bits per heavy atom. The molecule has 39 heavy (non-hydrogen) atoms. The second kappa shape index (κ2) is 8.98. The van der Waals surface area contributed by atoms with Gasteiger partial charge in [-0.2, -0.15) is 0 Å². The first kappa shape index (κ1) is 27.0. The maximum atomic E-state index is 14.3. The van der Waals surface area contributed by atoms with Crippen molar-refractivity contribution in [2.45, 2.75) is 78.6 Å². The molecule has 1 N–H and O–H groups in total. The summed E-state index contributed by atoms with van der Waals surface area (Å²) in [4.78, 5) is 0. The highest BCUT2D eigenvalue weighted by Crippen LogP contribution is 2.44. The van der Waals surface area contributed by atoms with Gasteiger partial charge >= 0.3 is 0 Å². The zero-order valence-corrected chi connectivity index (χ0v) is 24.7. The summed E-state index contributed by atoms with van der Waals surface area (Å²) < 4.78 is 16.5. The van der Waals surface area contributed by atoms with Crippen LogP contribution in [-0.2, 0) is 16.2 Å². The largest absolute Gasteiger partial charge is 0.505 e. The molecule has 3 heteroatoms. The molecule has 0 radical (unpaired) electrons. The molecule has 0 amide bonds. The van der Waals surface area contributed by atoms with Crippen molar-refractivity contribution in [1.82, 2.24) is 4.57 Å². The van der Waals surface area contributed by atoms with E-state index in [1.54, 1.807) is 6.07 Å². The molecule has 4 aromatic carbocycles. The van der Waals surface area contributed by atoms with Gasteiger partial charge in [0.15, 0.2) is 0 Å². The molecule has 0 spiro atoms. The fourth-order valence-electron chi connectivity index (χ4n) is 5.31. The zero-order chi connectivity index (χ0) is 28.5. The van der Waals surface area contributed by atoms with E-state index in [1.807, 2.05) is 12.1 Å². The Morgan fingerprint density at radius 3 is 1.56 bits per heavy atom. The van der Waals surface area contributed by atoms with Gasteiger partial charge in [0.2, 0.25) is 0 Å². The van der Waals surface area contributed by atoms with Gasteiger partial charge in [-0.1, -0.05) is 86.6 Å². The van der Waals surface area contributed by atoms with Crippen LogP contribution in [-0.4, -0.2) is 9.67 Å². The van der Waals surface area contributed by atoms with Crippen LogP contribution in [0.1, 0.15) is 79.0 Å². The van der Waals surface area contributed by atoms with E-state index in [4.69, 9.17) is 0 Å². The summed E-state index contributed by atoms with van der Waals surface area (Å²) in [7, 11) is 0. The Kier molecular flexibility index (Phi) is 6.21. The molecule has 0 fully saturated rings. The van der Waals surface area contributed by atoms with Gasteiger partial charge in [0, 0.05) is 16.3 Å². The Bertz CT molecular complexity index is 1650. The quantitative estimate of drug-likeness (QED) is 0.246. The molecule has 0 aliphatic carbocycles. The second-order valence-corrected chi connectivity index (χ2v) is 14.0. The molecule has 0 unspecified atom stereocenters. The van der Waals surface area contributed by atoms with Gasteiger partial charge in [-0.25, -0.2) is 4.39 Å². The molecule has 0 aliphatic heterocycles. The van der Waals surface area contributed by atoms with Crippen molar-refractivity contribution in [3.05, 3.63) is 95.3 Å². The van der Waals surface area contributed by atoms with Gasteiger partial charge in [0.1, 0.15) is 11.6 Å².